The van der Waals surface area contributed by atoms with Crippen LogP contribution in [0.5, 0.6) is 5.75 Å². The largest absolute Gasteiger partial charge is 0.427 e. The molecule has 0 radical (unpaired) electrons. The van der Waals surface area contributed by atoms with E-state index in [1.807, 2.05) is 30.3 Å². The van der Waals surface area contributed by atoms with Gasteiger partial charge in [0.05, 0.1) is 0 Å². The van der Waals surface area contributed by atoms with Crippen LogP contribution in [0.1, 0.15) is 63.4 Å². The second-order valence-corrected chi connectivity index (χ2v) is 6.60. The molecule has 0 amide bonds. The Hall–Kier alpha value is -2.09. The van der Waals surface area contributed by atoms with Gasteiger partial charge in [-0.3, -0.25) is 4.79 Å². The molecule has 0 spiro atoms. The maximum atomic E-state index is 11.7. The second-order valence-electron chi connectivity index (χ2n) is 6.60. The summed E-state index contributed by atoms with van der Waals surface area (Å²) in [6.45, 7) is 0. The molecule has 0 saturated carbocycles. The normalized spacial score (nSPS) is 10.6. The molecule has 0 saturated heterocycles. The van der Waals surface area contributed by atoms with Crippen molar-refractivity contribution in [2.24, 2.45) is 0 Å². The van der Waals surface area contributed by atoms with Crippen LogP contribution in [0.25, 0.3) is 0 Å². The molecule has 2 aromatic rings. The number of hydrogen-bond acceptors (Lipinski definition) is 2. The topological polar surface area (TPSA) is 26.3 Å². The molecule has 134 valence electrons. The zero-order chi connectivity index (χ0) is 17.6. The second kappa shape index (κ2) is 12.3. The minimum Gasteiger partial charge on any atom is -0.427 e. The predicted octanol–water partition coefficient (Wildman–Crippen LogP) is 6.35. The highest BCUT2D eigenvalue weighted by Crippen LogP contribution is 2.13. The molecule has 0 aliphatic rings. The Bertz CT molecular complexity index is 578. The van der Waals surface area contributed by atoms with Crippen molar-refractivity contribution in [2.75, 3.05) is 0 Å². The van der Waals surface area contributed by atoms with E-state index in [0.29, 0.717) is 12.2 Å². The van der Waals surface area contributed by atoms with Crippen LogP contribution in [0.4, 0.5) is 0 Å². The van der Waals surface area contributed by atoms with Crippen molar-refractivity contribution in [1.29, 1.82) is 0 Å². The van der Waals surface area contributed by atoms with Gasteiger partial charge in [0.2, 0.25) is 0 Å². The van der Waals surface area contributed by atoms with Crippen molar-refractivity contribution in [1.82, 2.24) is 0 Å². The van der Waals surface area contributed by atoms with Gasteiger partial charge >= 0.3 is 5.97 Å². The van der Waals surface area contributed by atoms with Crippen LogP contribution in [0.2, 0.25) is 0 Å². The van der Waals surface area contributed by atoms with Crippen molar-refractivity contribution >= 4 is 5.97 Å². The van der Waals surface area contributed by atoms with Gasteiger partial charge in [-0.25, -0.2) is 0 Å². The van der Waals surface area contributed by atoms with E-state index in [1.165, 1.54) is 50.5 Å². The summed E-state index contributed by atoms with van der Waals surface area (Å²) < 4.78 is 5.28. The van der Waals surface area contributed by atoms with E-state index < -0.39 is 0 Å². The molecule has 0 aliphatic heterocycles. The molecule has 0 aromatic heterocycles. The van der Waals surface area contributed by atoms with E-state index in [1.54, 1.807) is 0 Å². The van der Waals surface area contributed by atoms with E-state index in [0.717, 1.165) is 12.8 Å². The molecule has 2 aromatic carbocycles. The first kappa shape index (κ1) is 19.2. The average Bonchev–Trinajstić information content (AvgIpc) is 2.65. The van der Waals surface area contributed by atoms with E-state index >= 15 is 0 Å². The van der Waals surface area contributed by atoms with Gasteiger partial charge in [0, 0.05) is 6.42 Å². The highest BCUT2D eigenvalue weighted by Gasteiger charge is 2.03. The smallest absolute Gasteiger partial charge is 0.311 e. The van der Waals surface area contributed by atoms with Gasteiger partial charge in [0.1, 0.15) is 5.75 Å². The Morgan fingerprint density at radius 2 is 1.16 bits per heavy atom. The lowest BCUT2D eigenvalue weighted by Crippen LogP contribution is -2.07. The first-order chi connectivity index (χ1) is 12.3. The summed E-state index contributed by atoms with van der Waals surface area (Å²) in [6.07, 6.45) is 11.5. The van der Waals surface area contributed by atoms with Gasteiger partial charge in [-0.1, -0.05) is 87.1 Å². The molecular weight excluding hydrogens is 308 g/mol. The molecule has 2 rings (SSSR count). The minimum absolute atomic E-state index is 0.118. The molecule has 0 aliphatic carbocycles. The van der Waals surface area contributed by atoms with Gasteiger partial charge in [0.15, 0.2) is 0 Å². The zero-order valence-electron chi connectivity index (χ0n) is 15.2. The molecule has 25 heavy (non-hydrogen) atoms. The SMILES string of the molecule is O=C(CCCCCCCCCCc1ccccc1)Oc1ccccc1. The van der Waals surface area contributed by atoms with Crippen molar-refractivity contribution < 1.29 is 9.53 Å². The molecular formula is C23H30O2. The lowest BCUT2D eigenvalue weighted by molar-refractivity contribution is -0.134. The Balaban J connectivity index is 1.38. The number of carbonyl (C=O) groups is 1. The Kier molecular flexibility index (Phi) is 9.46. The molecule has 0 atom stereocenters. The minimum atomic E-state index is -0.118. The number of rotatable bonds is 12. The highest BCUT2D eigenvalue weighted by molar-refractivity contribution is 5.72. The average molecular weight is 338 g/mol. The fourth-order valence-corrected chi connectivity index (χ4v) is 2.97. The number of aryl methyl sites for hydroxylation is 1. The summed E-state index contributed by atoms with van der Waals surface area (Å²) in [7, 11) is 0. The third kappa shape index (κ3) is 9.09. The number of para-hydroxylation sites is 1. The number of hydrogen-bond donors (Lipinski definition) is 0. The van der Waals surface area contributed by atoms with Gasteiger partial charge < -0.3 is 4.74 Å². The number of benzene rings is 2. The van der Waals surface area contributed by atoms with Gasteiger partial charge in [-0.15, -0.1) is 0 Å². The maximum absolute atomic E-state index is 11.7. The summed E-state index contributed by atoms with van der Waals surface area (Å²) in [6, 6.07) is 20.0. The van der Waals surface area contributed by atoms with Gasteiger partial charge in [0.25, 0.3) is 0 Å². The number of unbranched alkanes of at least 4 members (excludes halogenated alkanes) is 7. The van der Waals surface area contributed by atoms with E-state index in [-0.39, 0.29) is 5.97 Å². The zero-order valence-corrected chi connectivity index (χ0v) is 15.2. The molecule has 0 unspecified atom stereocenters. The number of ether oxygens (including phenoxy) is 1. The molecule has 0 fully saturated rings. The molecule has 0 heterocycles. The van der Waals surface area contributed by atoms with Crippen LogP contribution in [0.15, 0.2) is 60.7 Å². The summed E-state index contributed by atoms with van der Waals surface area (Å²) in [5, 5.41) is 0. The van der Waals surface area contributed by atoms with Crippen molar-refractivity contribution in [2.45, 2.75) is 64.2 Å². The monoisotopic (exact) mass is 338 g/mol. The summed E-state index contributed by atoms with van der Waals surface area (Å²) >= 11 is 0. The molecule has 2 nitrogen and oxygen atoms in total. The van der Waals surface area contributed by atoms with Crippen molar-refractivity contribution in [3.05, 3.63) is 66.2 Å². The molecule has 0 bridgehead atoms. The van der Waals surface area contributed by atoms with Crippen LogP contribution in [0.3, 0.4) is 0 Å². The lowest BCUT2D eigenvalue weighted by atomic mass is 10.0. The highest BCUT2D eigenvalue weighted by atomic mass is 16.5. The fourth-order valence-electron chi connectivity index (χ4n) is 2.97. The quantitative estimate of drug-likeness (QED) is 0.256. The van der Waals surface area contributed by atoms with Crippen LogP contribution < -0.4 is 4.74 Å². The van der Waals surface area contributed by atoms with Crippen molar-refractivity contribution in [3.63, 3.8) is 0 Å². The van der Waals surface area contributed by atoms with E-state index in [4.69, 9.17) is 4.74 Å². The summed E-state index contributed by atoms with van der Waals surface area (Å²) in [5.41, 5.74) is 1.45. The lowest BCUT2D eigenvalue weighted by Gasteiger charge is -2.04. The fraction of sp³-hybridized carbons (Fsp3) is 0.435. The maximum Gasteiger partial charge on any atom is 0.311 e. The van der Waals surface area contributed by atoms with Gasteiger partial charge in [-0.05, 0) is 37.0 Å². The Morgan fingerprint density at radius 1 is 0.640 bits per heavy atom. The van der Waals surface area contributed by atoms with Gasteiger partial charge in [-0.2, -0.15) is 0 Å². The summed E-state index contributed by atoms with van der Waals surface area (Å²) in [5.74, 6) is 0.523. The van der Waals surface area contributed by atoms with Crippen LogP contribution in [-0.2, 0) is 11.2 Å². The van der Waals surface area contributed by atoms with Crippen LogP contribution in [-0.4, -0.2) is 5.97 Å². The third-order valence-electron chi connectivity index (χ3n) is 4.41. The third-order valence-corrected chi connectivity index (χ3v) is 4.41. The Morgan fingerprint density at radius 3 is 1.80 bits per heavy atom. The van der Waals surface area contributed by atoms with Crippen LogP contribution in [0, 0.1) is 0 Å². The van der Waals surface area contributed by atoms with E-state index in [9.17, 15) is 4.79 Å². The standard InChI is InChI=1S/C23H30O2/c24-23(25-22-18-12-8-13-19-22)20-14-6-4-2-1-3-5-9-15-21-16-10-7-11-17-21/h7-8,10-13,16-19H,1-6,9,14-15,20H2. The number of carbonyl (C=O) groups excluding carboxylic acids is 1. The first-order valence-corrected chi connectivity index (χ1v) is 9.64. The Labute approximate surface area is 152 Å². The van der Waals surface area contributed by atoms with Crippen LogP contribution >= 0.6 is 0 Å². The molecule has 0 N–H and O–H groups in total. The van der Waals surface area contributed by atoms with E-state index in [2.05, 4.69) is 30.3 Å². The first-order valence-electron chi connectivity index (χ1n) is 9.64. The summed E-state index contributed by atoms with van der Waals surface area (Å²) in [4.78, 5) is 11.7. The molecule has 2 heteroatoms. The van der Waals surface area contributed by atoms with Crippen molar-refractivity contribution in [3.8, 4) is 5.75 Å². The number of esters is 1. The predicted molar refractivity (Wildman–Crippen MR) is 104 cm³/mol.